The van der Waals surface area contributed by atoms with Gasteiger partial charge in [-0.15, -0.1) is 0 Å². The summed E-state index contributed by atoms with van der Waals surface area (Å²) in [5, 5.41) is 14.7. The van der Waals surface area contributed by atoms with Crippen molar-refractivity contribution in [1.29, 1.82) is 5.26 Å². The summed E-state index contributed by atoms with van der Waals surface area (Å²) < 4.78 is 0. The standard InChI is InChI=1S/C21H22ClN3S/c22-19-8-6-17(7-9-19)10-13-24-20(26)25-14-11-21(16-23,12-15-25)18-4-2-1-3-5-18/h1-9H,10-15H2,(H,24,26). The topological polar surface area (TPSA) is 39.1 Å². The SMILES string of the molecule is N#CC1(c2ccccc2)CCN(C(=S)NCCc2ccc(Cl)cc2)CC1. The van der Waals surface area contributed by atoms with Crippen LogP contribution in [0.5, 0.6) is 0 Å². The highest BCUT2D eigenvalue weighted by Crippen LogP contribution is 2.34. The van der Waals surface area contributed by atoms with E-state index in [-0.39, 0.29) is 0 Å². The van der Waals surface area contributed by atoms with Crippen molar-refractivity contribution in [2.45, 2.75) is 24.7 Å². The summed E-state index contributed by atoms with van der Waals surface area (Å²) in [6.45, 7) is 2.39. The number of hydrogen-bond donors (Lipinski definition) is 1. The van der Waals surface area contributed by atoms with E-state index in [1.165, 1.54) is 5.56 Å². The third kappa shape index (κ3) is 4.35. The van der Waals surface area contributed by atoms with E-state index >= 15 is 0 Å². The van der Waals surface area contributed by atoms with Crippen molar-refractivity contribution in [3.63, 3.8) is 0 Å². The molecule has 0 aliphatic carbocycles. The van der Waals surface area contributed by atoms with Crippen LogP contribution in [0.1, 0.15) is 24.0 Å². The summed E-state index contributed by atoms with van der Waals surface area (Å²) in [5.41, 5.74) is 1.95. The van der Waals surface area contributed by atoms with Crippen LogP contribution < -0.4 is 5.32 Å². The Morgan fingerprint density at radius 1 is 1.12 bits per heavy atom. The molecule has 0 amide bonds. The Kier molecular flexibility index (Phi) is 6.13. The van der Waals surface area contributed by atoms with E-state index in [0.717, 1.165) is 54.6 Å². The van der Waals surface area contributed by atoms with Crippen molar-refractivity contribution in [3.05, 3.63) is 70.7 Å². The number of nitrogens with one attached hydrogen (secondary N) is 1. The zero-order valence-corrected chi connectivity index (χ0v) is 16.2. The zero-order chi connectivity index (χ0) is 18.4. The summed E-state index contributed by atoms with van der Waals surface area (Å²) in [6.07, 6.45) is 2.50. The van der Waals surface area contributed by atoms with E-state index < -0.39 is 5.41 Å². The van der Waals surface area contributed by atoms with Crippen molar-refractivity contribution in [2.75, 3.05) is 19.6 Å². The third-order valence-electron chi connectivity index (χ3n) is 5.05. The first kappa shape index (κ1) is 18.7. The first-order valence-corrected chi connectivity index (χ1v) is 9.66. The van der Waals surface area contributed by atoms with E-state index in [0.29, 0.717) is 0 Å². The van der Waals surface area contributed by atoms with Crippen LogP contribution in [0.25, 0.3) is 0 Å². The molecule has 26 heavy (non-hydrogen) atoms. The Morgan fingerprint density at radius 3 is 2.38 bits per heavy atom. The molecular weight excluding hydrogens is 362 g/mol. The first-order chi connectivity index (χ1) is 12.6. The van der Waals surface area contributed by atoms with E-state index in [1.807, 2.05) is 42.5 Å². The van der Waals surface area contributed by atoms with Gasteiger partial charge in [0.05, 0.1) is 11.5 Å². The summed E-state index contributed by atoms with van der Waals surface area (Å²) >= 11 is 11.5. The van der Waals surface area contributed by atoms with Crippen LogP contribution >= 0.6 is 23.8 Å². The molecule has 1 heterocycles. The Morgan fingerprint density at radius 2 is 1.77 bits per heavy atom. The maximum Gasteiger partial charge on any atom is 0.168 e. The molecule has 0 spiro atoms. The van der Waals surface area contributed by atoms with Gasteiger partial charge in [0.2, 0.25) is 0 Å². The second kappa shape index (κ2) is 8.53. The minimum Gasteiger partial charge on any atom is -0.362 e. The molecule has 5 heteroatoms. The maximum atomic E-state index is 9.78. The van der Waals surface area contributed by atoms with E-state index in [9.17, 15) is 5.26 Å². The Hall–Kier alpha value is -2.09. The second-order valence-corrected chi connectivity index (χ2v) is 7.48. The predicted molar refractivity (Wildman–Crippen MR) is 110 cm³/mol. The number of nitriles is 1. The predicted octanol–water partition coefficient (Wildman–Crippen LogP) is 4.31. The van der Waals surface area contributed by atoms with E-state index in [2.05, 4.69) is 28.4 Å². The van der Waals surface area contributed by atoms with Crippen molar-refractivity contribution < 1.29 is 0 Å². The summed E-state index contributed by atoms with van der Waals surface area (Å²) in [7, 11) is 0. The van der Waals surface area contributed by atoms with Gasteiger partial charge in [0.1, 0.15) is 0 Å². The molecule has 1 saturated heterocycles. The quantitative estimate of drug-likeness (QED) is 0.798. The lowest BCUT2D eigenvalue weighted by Gasteiger charge is -2.38. The number of benzene rings is 2. The molecule has 3 nitrogen and oxygen atoms in total. The van der Waals surface area contributed by atoms with E-state index in [1.54, 1.807) is 0 Å². The van der Waals surface area contributed by atoms with Crippen LogP contribution in [0, 0.1) is 11.3 Å². The maximum absolute atomic E-state index is 9.78. The molecule has 0 unspecified atom stereocenters. The fourth-order valence-electron chi connectivity index (χ4n) is 3.39. The summed E-state index contributed by atoms with van der Waals surface area (Å²) in [4.78, 5) is 2.18. The zero-order valence-electron chi connectivity index (χ0n) is 14.6. The van der Waals surface area contributed by atoms with Crippen molar-refractivity contribution in [3.8, 4) is 6.07 Å². The number of rotatable bonds is 4. The molecular formula is C21H22ClN3S. The van der Waals surface area contributed by atoms with Crippen LogP contribution in [-0.2, 0) is 11.8 Å². The molecule has 0 atom stereocenters. The monoisotopic (exact) mass is 383 g/mol. The van der Waals surface area contributed by atoms with Crippen molar-refractivity contribution >= 4 is 28.9 Å². The molecule has 1 aliphatic rings. The average molecular weight is 384 g/mol. The van der Waals surface area contributed by atoms with Crippen LogP contribution in [0.15, 0.2) is 54.6 Å². The van der Waals surface area contributed by atoms with Crippen molar-refractivity contribution in [2.24, 2.45) is 0 Å². The van der Waals surface area contributed by atoms with Crippen LogP contribution in [-0.4, -0.2) is 29.6 Å². The van der Waals surface area contributed by atoms with Crippen LogP contribution in [0.2, 0.25) is 5.02 Å². The van der Waals surface area contributed by atoms with E-state index in [4.69, 9.17) is 23.8 Å². The Labute approximate surface area is 165 Å². The molecule has 0 aromatic heterocycles. The van der Waals surface area contributed by atoms with Gasteiger partial charge in [-0.05, 0) is 54.7 Å². The molecule has 1 fully saturated rings. The largest absolute Gasteiger partial charge is 0.362 e. The fourth-order valence-corrected chi connectivity index (χ4v) is 3.80. The fraction of sp³-hybridized carbons (Fsp3) is 0.333. The molecule has 1 N–H and O–H groups in total. The Bertz CT molecular complexity index is 775. The highest BCUT2D eigenvalue weighted by atomic mass is 35.5. The molecule has 2 aromatic carbocycles. The smallest absolute Gasteiger partial charge is 0.168 e. The van der Waals surface area contributed by atoms with Crippen molar-refractivity contribution in [1.82, 2.24) is 10.2 Å². The van der Waals surface area contributed by atoms with Gasteiger partial charge in [-0.1, -0.05) is 54.1 Å². The molecule has 0 bridgehead atoms. The first-order valence-electron chi connectivity index (χ1n) is 8.87. The van der Waals surface area contributed by atoms with Gasteiger partial charge in [0, 0.05) is 24.7 Å². The lowest BCUT2D eigenvalue weighted by molar-refractivity contribution is 0.267. The number of likely N-dealkylation sites (tertiary alicyclic amines) is 1. The molecule has 1 aliphatic heterocycles. The van der Waals surface area contributed by atoms with Crippen LogP contribution in [0.3, 0.4) is 0 Å². The lowest BCUT2D eigenvalue weighted by Crippen LogP contribution is -2.48. The third-order valence-corrected chi connectivity index (χ3v) is 5.70. The number of halogens is 1. The Balaban J connectivity index is 1.50. The van der Waals surface area contributed by atoms with Gasteiger partial charge >= 0.3 is 0 Å². The van der Waals surface area contributed by atoms with Gasteiger partial charge in [0.15, 0.2) is 5.11 Å². The molecule has 0 radical (unpaired) electrons. The lowest BCUT2D eigenvalue weighted by atomic mass is 9.74. The van der Waals surface area contributed by atoms with Gasteiger partial charge in [0.25, 0.3) is 0 Å². The summed E-state index contributed by atoms with van der Waals surface area (Å²) in [5.74, 6) is 0. The van der Waals surface area contributed by atoms with Gasteiger partial charge in [-0.2, -0.15) is 5.26 Å². The molecule has 0 saturated carbocycles. The average Bonchev–Trinajstić information content (AvgIpc) is 2.70. The normalized spacial score (nSPS) is 15.9. The minimum absolute atomic E-state index is 0.392. The number of piperidine rings is 1. The molecule has 3 rings (SSSR count). The van der Waals surface area contributed by atoms with Gasteiger partial charge in [-0.3, -0.25) is 0 Å². The number of nitrogens with zero attached hydrogens (tertiary/aromatic N) is 2. The molecule has 2 aromatic rings. The number of hydrogen-bond acceptors (Lipinski definition) is 2. The minimum atomic E-state index is -0.392. The van der Waals surface area contributed by atoms with Gasteiger partial charge in [-0.25, -0.2) is 0 Å². The summed E-state index contributed by atoms with van der Waals surface area (Å²) in [6, 6.07) is 20.6. The highest BCUT2D eigenvalue weighted by molar-refractivity contribution is 7.80. The number of thiocarbonyl (C=S) groups is 1. The highest BCUT2D eigenvalue weighted by Gasteiger charge is 2.36. The molecule has 134 valence electrons. The second-order valence-electron chi connectivity index (χ2n) is 6.66. The van der Waals surface area contributed by atoms with Gasteiger partial charge < -0.3 is 10.2 Å². The van der Waals surface area contributed by atoms with Crippen LogP contribution in [0.4, 0.5) is 0 Å².